The van der Waals surface area contributed by atoms with E-state index in [0.29, 0.717) is 16.8 Å². The van der Waals surface area contributed by atoms with Crippen LogP contribution in [-0.2, 0) is 6.61 Å². The summed E-state index contributed by atoms with van der Waals surface area (Å²) in [6, 6.07) is 4.23. The number of aromatic amines is 1. The number of nitro benzene ring substituents is 1. The van der Waals surface area contributed by atoms with Crippen molar-refractivity contribution in [1.82, 2.24) is 15.4 Å². The van der Waals surface area contributed by atoms with E-state index in [9.17, 15) is 10.1 Å². The molecule has 1 aromatic carbocycles. The molecule has 2 rings (SSSR count). The van der Waals surface area contributed by atoms with Gasteiger partial charge in [0, 0.05) is 23.9 Å². The summed E-state index contributed by atoms with van der Waals surface area (Å²) in [7, 11) is 0. The van der Waals surface area contributed by atoms with Gasteiger partial charge in [0.25, 0.3) is 5.69 Å². The molecule has 0 radical (unpaired) electrons. The Bertz CT molecular complexity index is 509. The zero-order valence-corrected chi connectivity index (χ0v) is 8.12. The number of rotatable bonds is 3. The Labute approximate surface area is 89.9 Å². The monoisotopic (exact) mass is 220 g/mol. The highest BCUT2D eigenvalue weighted by Gasteiger charge is 2.12. The van der Waals surface area contributed by atoms with Gasteiger partial charge in [0.05, 0.1) is 11.5 Å². The van der Waals surface area contributed by atoms with Crippen LogP contribution in [0.5, 0.6) is 0 Å². The minimum atomic E-state index is -0.508. The third kappa shape index (κ3) is 1.75. The number of H-pyrrole nitrogens is 1. The highest BCUT2D eigenvalue weighted by Crippen LogP contribution is 2.25. The maximum absolute atomic E-state index is 10.6. The van der Waals surface area contributed by atoms with Gasteiger partial charge < -0.3 is 5.11 Å². The van der Waals surface area contributed by atoms with Crippen LogP contribution in [0.2, 0.25) is 0 Å². The lowest BCUT2D eigenvalue weighted by Gasteiger charge is -2.03. The fourth-order valence-corrected chi connectivity index (χ4v) is 1.41. The Morgan fingerprint density at radius 2 is 2.31 bits per heavy atom. The van der Waals surface area contributed by atoms with Crippen LogP contribution in [0.4, 0.5) is 5.69 Å². The molecule has 0 bridgehead atoms. The van der Waals surface area contributed by atoms with Crippen molar-refractivity contribution in [3.05, 3.63) is 40.1 Å². The Morgan fingerprint density at radius 3 is 2.88 bits per heavy atom. The van der Waals surface area contributed by atoms with Gasteiger partial charge in [-0.05, 0) is 11.6 Å². The van der Waals surface area contributed by atoms with Crippen LogP contribution in [-0.4, -0.2) is 25.4 Å². The maximum atomic E-state index is 10.6. The summed E-state index contributed by atoms with van der Waals surface area (Å²) in [5, 5.41) is 29.6. The molecule has 0 spiro atoms. The molecule has 0 atom stereocenters. The van der Waals surface area contributed by atoms with E-state index < -0.39 is 4.92 Å². The predicted molar refractivity (Wildman–Crippen MR) is 54.4 cm³/mol. The zero-order valence-electron chi connectivity index (χ0n) is 8.12. The number of aromatic nitrogens is 3. The van der Waals surface area contributed by atoms with Crippen molar-refractivity contribution < 1.29 is 10.0 Å². The molecule has 2 aromatic rings. The minimum Gasteiger partial charge on any atom is -0.392 e. The molecule has 16 heavy (non-hydrogen) atoms. The van der Waals surface area contributed by atoms with Gasteiger partial charge in [-0.1, -0.05) is 5.21 Å². The molecule has 0 unspecified atom stereocenters. The van der Waals surface area contributed by atoms with Crippen LogP contribution in [0.25, 0.3) is 11.3 Å². The van der Waals surface area contributed by atoms with E-state index in [1.165, 1.54) is 12.1 Å². The summed E-state index contributed by atoms with van der Waals surface area (Å²) >= 11 is 0. The van der Waals surface area contributed by atoms with Crippen molar-refractivity contribution in [2.75, 3.05) is 0 Å². The highest BCUT2D eigenvalue weighted by molar-refractivity contribution is 5.64. The van der Waals surface area contributed by atoms with Crippen molar-refractivity contribution >= 4 is 5.69 Å². The summed E-state index contributed by atoms with van der Waals surface area (Å²) < 4.78 is 0. The van der Waals surface area contributed by atoms with Crippen molar-refractivity contribution in [2.45, 2.75) is 6.61 Å². The minimum absolute atomic E-state index is 0.0590. The van der Waals surface area contributed by atoms with Gasteiger partial charge in [-0.15, -0.1) is 5.10 Å². The second kappa shape index (κ2) is 4.07. The predicted octanol–water partition coefficient (Wildman–Crippen LogP) is 0.872. The van der Waals surface area contributed by atoms with E-state index in [0.717, 1.165) is 0 Å². The first-order valence-corrected chi connectivity index (χ1v) is 4.47. The second-order valence-corrected chi connectivity index (χ2v) is 3.12. The lowest BCUT2D eigenvalue weighted by molar-refractivity contribution is -0.384. The molecule has 0 aliphatic carbocycles. The summed E-state index contributed by atoms with van der Waals surface area (Å²) in [4.78, 5) is 10.0. The fourth-order valence-electron chi connectivity index (χ4n) is 1.41. The number of aliphatic hydroxyl groups excluding tert-OH is 1. The molecule has 1 heterocycles. The van der Waals surface area contributed by atoms with Gasteiger partial charge >= 0.3 is 0 Å². The molecule has 0 saturated carbocycles. The third-order valence-electron chi connectivity index (χ3n) is 2.16. The third-order valence-corrected chi connectivity index (χ3v) is 2.16. The molecule has 1 aromatic heterocycles. The molecule has 7 nitrogen and oxygen atoms in total. The molecular weight excluding hydrogens is 212 g/mol. The molecule has 2 N–H and O–H groups in total. The number of non-ortho nitro benzene ring substituents is 1. The largest absolute Gasteiger partial charge is 0.392 e. The number of nitrogens with one attached hydrogen (secondary N) is 1. The molecule has 0 fully saturated rings. The quantitative estimate of drug-likeness (QED) is 0.589. The lowest BCUT2D eigenvalue weighted by Crippen LogP contribution is -1.94. The highest BCUT2D eigenvalue weighted by atomic mass is 16.6. The zero-order chi connectivity index (χ0) is 11.5. The number of benzene rings is 1. The normalized spacial score (nSPS) is 10.3. The van der Waals surface area contributed by atoms with Crippen molar-refractivity contribution in [3.8, 4) is 11.3 Å². The van der Waals surface area contributed by atoms with Crippen LogP contribution in [0.15, 0.2) is 24.4 Å². The average molecular weight is 220 g/mol. The van der Waals surface area contributed by atoms with Crippen LogP contribution >= 0.6 is 0 Å². The molecule has 0 aliphatic heterocycles. The van der Waals surface area contributed by atoms with E-state index >= 15 is 0 Å². The molecular formula is C9H8N4O3. The van der Waals surface area contributed by atoms with Gasteiger partial charge in [0.2, 0.25) is 0 Å². The second-order valence-electron chi connectivity index (χ2n) is 3.12. The molecule has 82 valence electrons. The Morgan fingerprint density at radius 1 is 1.50 bits per heavy atom. The molecule has 0 amide bonds. The van der Waals surface area contributed by atoms with E-state index in [1.807, 2.05) is 0 Å². The van der Waals surface area contributed by atoms with Crippen LogP contribution in [0, 0.1) is 10.1 Å². The number of hydrogen-bond donors (Lipinski definition) is 2. The number of aliphatic hydroxyl groups is 1. The van der Waals surface area contributed by atoms with Crippen LogP contribution in [0.3, 0.4) is 0 Å². The van der Waals surface area contributed by atoms with Gasteiger partial charge in [-0.2, -0.15) is 0 Å². The van der Waals surface area contributed by atoms with Crippen molar-refractivity contribution in [2.24, 2.45) is 0 Å². The SMILES string of the molecule is O=[N+]([O-])c1ccc(-c2c[nH]nn2)c(CO)c1. The van der Waals surface area contributed by atoms with Crippen molar-refractivity contribution in [3.63, 3.8) is 0 Å². The molecule has 7 heteroatoms. The first-order valence-electron chi connectivity index (χ1n) is 4.47. The van der Waals surface area contributed by atoms with E-state index in [4.69, 9.17) is 5.11 Å². The molecule has 0 saturated heterocycles. The lowest BCUT2D eigenvalue weighted by atomic mass is 10.0. The van der Waals surface area contributed by atoms with Gasteiger partial charge in [-0.3, -0.25) is 15.2 Å². The Hall–Kier alpha value is -2.28. The maximum Gasteiger partial charge on any atom is 0.269 e. The van der Waals surface area contributed by atoms with Crippen LogP contribution in [0.1, 0.15) is 5.56 Å². The Balaban J connectivity index is 2.51. The summed E-state index contributed by atoms with van der Waals surface area (Å²) in [6.45, 7) is -0.288. The van der Waals surface area contributed by atoms with Gasteiger partial charge in [0.15, 0.2) is 0 Å². The van der Waals surface area contributed by atoms with Gasteiger partial charge in [0.1, 0.15) is 5.69 Å². The number of hydrogen-bond acceptors (Lipinski definition) is 5. The summed E-state index contributed by atoms with van der Waals surface area (Å²) in [5.41, 5.74) is 1.56. The van der Waals surface area contributed by atoms with Gasteiger partial charge in [-0.25, -0.2) is 0 Å². The fraction of sp³-hybridized carbons (Fsp3) is 0.111. The summed E-state index contributed by atoms with van der Waals surface area (Å²) in [6.07, 6.45) is 1.56. The standard InChI is InChI=1S/C9H8N4O3/c14-5-6-3-7(13(15)16)1-2-8(6)9-4-10-12-11-9/h1-4,14H,5H2,(H,10,11,12). The van der Waals surface area contributed by atoms with Crippen LogP contribution < -0.4 is 0 Å². The smallest absolute Gasteiger partial charge is 0.269 e. The first-order chi connectivity index (χ1) is 7.72. The van der Waals surface area contributed by atoms with E-state index in [2.05, 4.69) is 15.4 Å². The first kappa shape index (κ1) is 10.2. The molecule has 0 aliphatic rings. The summed E-state index contributed by atoms with van der Waals surface area (Å²) in [5.74, 6) is 0. The Kier molecular flexibility index (Phi) is 2.61. The van der Waals surface area contributed by atoms with Crippen molar-refractivity contribution in [1.29, 1.82) is 0 Å². The van der Waals surface area contributed by atoms with E-state index in [1.54, 1.807) is 12.3 Å². The average Bonchev–Trinajstić information content (AvgIpc) is 2.81. The number of nitro groups is 1. The number of nitrogens with zero attached hydrogens (tertiary/aromatic N) is 3. The topological polar surface area (TPSA) is 105 Å². The van der Waals surface area contributed by atoms with E-state index in [-0.39, 0.29) is 12.3 Å².